The average Bonchev–Trinajstić information content (AvgIpc) is 2.53. The molecule has 2 heteroatoms. The van der Waals surface area contributed by atoms with E-state index in [0.29, 0.717) is 0 Å². The molecular weight excluding hydrogens is 284 g/mol. The first-order valence-electron chi connectivity index (χ1n) is 9.24. The zero-order valence-corrected chi connectivity index (χ0v) is 15.6. The van der Waals surface area contributed by atoms with Crippen molar-refractivity contribution in [2.24, 2.45) is 5.92 Å². The molecular formula is C21H36O2. The van der Waals surface area contributed by atoms with Gasteiger partial charge in [-0.1, -0.05) is 89.5 Å². The lowest BCUT2D eigenvalue weighted by Gasteiger charge is -2.05. The van der Waals surface area contributed by atoms with Crippen LogP contribution in [0.5, 0.6) is 0 Å². The summed E-state index contributed by atoms with van der Waals surface area (Å²) in [6.07, 6.45) is 11.1. The summed E-state index contributed by atoms with van der Waals surface area (Å²) in [5.74, 6) is -0.817. The Morgan fingerprint density at radius 1 is 0.913 bits per heavy atom. The van der Waals surface area contributed by atoms with Gasteiger partial charge in [-0.3, -0.25) is 4.79 Å². The summed E-state index contributed by atoms with van der Waals surface area (Å²) in [7, 11) is 0. The third-order valence-electron chi connectivity index (χ3n) is 4.34. The first-order valence-corrected chi connectivity index (χ1v) is 9.24. The fraction of sp³-hybridized carbons (Fsp3) is 0.667. The number of aryl methyl sites for hydroxylation is 2. The van der Waals surface area contributed by atoms with Gasteiger partial charge in [-0.05, 0) is 31.4 Å². The molecule has 0 radical (unpaired) electrons. The molecule has 1 atom stereocenters. The van der Waals surface area contributed by atoms with Crippen molar-refractivity contribution >= 4 is 5.97 Å². The molecule has 1 unspecified atom stereocenters. The van der Waals surface area contributed by atoms with Crippen molar-refractivity contribution in [3.8, 4) is 0 Å². The number of carbonyl (C=O) groups is 1. The Morgan fingerprint density at radius 2 is 1.35 bits per heavy atom. The zero-order chi connectivity index (χ0) is 17.5. The molecule has 132 valence electrons. The number of aliphatic carboxylic acids is 1. The van der Waals surface area contributed by atoms with E-state index in [1.165, 1.54) is 56.1 Å². The molecule has 23 heavy (non-hydrogen) atoms. The normalized spacial score (nSPS) is 11.5. The molecule has 0 bridgehead atoms. The molecule has 0 aliphatic carbocycles. The average molecular weight is 321 g/mol. The Hall–Kier alpha value is -1.31. The van der Waals surface area contributed by atoms with Crippen LogP contribution >= 0.6 is 0 Å². The minimum absolute atomic E-state index is 0.162. The van der Waals surface area contributed by atoms with Crippen molar-refractivity contribution in [3.05, 3.63) is 35.4 Å². The molecule has 1 aromatic carbocycles. The summed E-state index contributed by atoms with van der Waals surface area (Å²) in [6, 6.07) is 8.36. The van der Waals surface area contributed by atoms with E-state index in [1.54, 1.807) is 6.92 Å². The Morgan fingerprint density at radius 3 is 1.74 bits per heavy atom. The lowest BCUT2D eigenvalue weighted by molar-refractivity contribution is -0.141. The van der Waals surface area contributed by atoms with Crippen LogP contribution in [0.15, 0.2) is 24.3 Å². The minimum Gasteiger partial charge on any atom is -0.481 e. The highest BCUT2D eigenvalue weighted by Crippen LogP contribution is 2.13. The fourth-order valence-corrected chi connectivity index (χ4v) is 2.37. The second-order valence-corrected chi connectivity index (χ2v) is 6.59. The van der Waals surface area contributed by atoms with Crippen molar-refractivity contribution < 1.29 is 9.90 Å². The van der Waals surface area contributed by atoms with Crippen LogP contribution in [-0.4, -0.2) is 11.1 Å². The molecule has 0 amide bonds. The summed E-state index contributed by atoms with van der Waals surface area (Å²) in [6.45, 7) is 8.27. The first-order chi connectivity index (χ1) is 11.0. The van der Waals surface area contributed by atoms with Gasteiger partial charge in [-0.2, -0.15) is 0 Å². The fourth-order valence-electron chi connectivity index (χ4n) is 2.37. The van der Waals surface area contributed by atoms with Gasteiger partial charge in [0.25, 0.3) is 0 Å². The number of hydrogen-bond acceptors (Lipinski definition) is 1. The van der Waals surface area contributed by atoms with E-state index >= 15 is 0 Å². The van der Waals surface area contributed by atoms with E-state index in [1.807, 2.05) is 0 Å². The summed E-state index contributed by atoms with van der Waals surface area (Å²) < 4.78 is 0. The van der Waals surface area contributed by atoms with Gasteiger partial charge in [0.2, 0.25) is 0 Å². The number of rotatable bonds is 10. The SMILES string of the molecule is CCCCCCCCCCC(C)C(=O)O.Cc1ccccc1C. The van der Waals surface area contributed by atoms with Crippen LogP contribution in [-0.2, 0) is 4.79 Å². The molecule has 0 saturated heterocycles. The summed E-state index contributed by atoms with van der Waals surface area (Å²) in [5.41, 5.74) is 2.74. The monoisotopic (exact) mass is 320 g/mol. The third-order valence-corrected chi connectivity index (χ3v) is 4.34. The molecule has 1 N–H and O–H groups in total. The van der Waals surface area contributed by atoms with E-state index < -0.39 is 5.97 Å². The second-order valence-electron chi connectivity index (χ2n) is 6.59. The van der Waals surface area contributed by atoms with Gasteiger partial charge in [-0.25, -0.2) is 0 Å². The van der Waals surface area contributed by atoms with Crippen LogP contribution in [0.25, 0.3) is 0 Å². The van der Waals surface area contributed by atoms with Crippen LogP contribution in [0.2, 0.25) is 0 Å². The highest BCUT2D eigenvalue weighted by Gasteiger charge is 2.09. The van der Waals surface area contributed by atoms with Crippen LogP contribution in [0.4, 0.5) is 0 Å². The van der Waals surface area contributed by atoms with Gasteiger partial charge in [0.1, 0.15) is 0 Å². The van der Waals surface area contributed by atoms with E-state index in [4.69, 9.17) is 5.11 Å². The van der Waals surface area contributed by atoms with E-state index in [2.05, 4.69) is 45.0 Å². The minimum atomic E-state index is -0.655. The van der Waals surface area contributed by atoms with Crippen molar-refractivity contribution in [3.63, 3.8) is 0 Å². The van der Waals surface area contributed by atoms with Gasteiger partial charge in [-0.15, -0.1) is 0 Å². The maximum atomic E-state index is 10.5. The maximum Gasteiger partial charge on any atom is 0.306 e. The smallest absolute Gasteiger partial charge is 0.306 e. The lowest BCUT2D eigenvalue weighted by Crippen LogP contribution is -2.08. The molecule has 1 rings (SSSR count). The molecule has 0 heterocycles. The van der Waals surface area contributed by atoms with Crippen molar-refractivity contribution in [2.75, 3.05) is 0 Å². The topological polar surface area (TPSA) is 37.3 Å². The number of benzene rings is 1. The molecule has 2 nitrogen and oxygen atoms in total. The van der Waals surface area contributed by atoms with Crippen molar-refractivity contribution in [2.45, 2.75) is 85.5 Å². The molecule has 0 aromatic heterocycles. The second kappa shape index (κ2) is 14.3. The van der Waals surface area contributed by atoms with E-state index in [-0.39, 0.29) is 5.92 Å². The Bertz CT molecular complexity index is 391. The van der Waals surface area contributed by atoms with Gasteiger partial charge in [0.15, 0.2) is 0 Å². The quantitative estimate of drug-likeness (QED) is 0.497. The predicted molar refractivity (Wildman–Crippen MR) is 99.9 cm³/mol. The first kappa shape index (κ1) is 21.7. The molecule has 0 aliphatic heterocycles. The Balaban J connectivity index is 0.000000502. The van der Waals surface area contributed by atoms with Crippen molar-refractivity contribution in [1.82, 2.24) is 0 Å². The lowest BCUT2D eigenvalue weighted by atomic mass is 10.0. The molecule has 0 spiro atoms. The molecule has 0 fully saturated rings. The number of hydrogen-bond donors (Lipinski definition) is 1. The third kappa shape index (κ3) is 12.9. The van der Waals surface area contributed by atoms with Crippen LogP contribution in [0.1, 0.15) is 82.8 Å². The summed E-state index contributed by atoms with van der Waals surface area (Å²) >= 11 is 0. The molecule has 0 aliphatic rings. The summed E-state index contributed by atoms with van der Waals surface area (Å²) in [4.78, 5) is 10.5. The highest BCUT2D eigenvalue weighted by atomic mass is 16.4. The van der Waals surface area contributed by atoms with Crippen LogP contribution < -0.4 is 0 Å². The van der Waals surface area contributed by atoms with Gasteiger partial charge in [0.05, 0.1) is 5.92 Å². The predicted octanol–water partition coefficient (Wildman–Crippen LogP) is 6.54. The largest absolute Gasteiger partial charge is 0.481 e. The van der Waals surface area contributed by atoms with Crippen molar-refractivity contribution in [1.29, 1.82) is 0 Å². The van der Waals surface area contributed by atoms with Crippen LogP contribution in [0, 0.1) is 19.8 Å². The number of carboxylic acids is 1. The number of carboxylic acid groups (broad SMARTS) is 1. The molecule has 1 aromatic rings. The maximum absolute atomic E-state index is 10.5. The Labute approximate surface area is 143 Å². The van der Waals surface area contributed by atoms with E-state index in [9.17, 15) is 4.79 Å². The van der Waals surface area contributed by atoms with Gasteiger partial charge < -0.3 is 5.11 Å². The van der Waals surface area contributed by atoms with Gasteiger partial charge >= 0.3 is 5.97 Å². The Kier molecular flexibility index (Phi) is 13.5. The zero-order valence-electron chi connectivity index (χ0n) is 15.6. The molecule has 0 saturated carbocycles. The summed E-state index contributed by atoms with van der Waals surface area (Å²) in [5, 5.41) is 8.68. The van der Waals surface area contributed by atoms with Gasteiger partial charge in [0, 0.05) is 0 Å². The van der Waals surface area contributed by atoms with Crippen LogP contribution in [0.3, 0.4) is 0 Å². The number of unbranched alkanes of at least 4 members (excludes halogenated alkanes) is 7. The van der Waals surface area contributed by atoms with E-state index in [0.717, 1.165) is 12.8 Å². The standard InChI is InChI=1S/C13H26O2.C8H10/c1-3-4-5-6-7-8-9-10-11-12(2)13(14)15;1-7-5-3-4-6-8(7)2/h12H,3-11H2,1-2H3,(H,14,15);3-6H,1-2H3. The highest BCUT2D eigenvalue weighted by molar-refractivity contribution is 5.69.